The van der Waals surface area contributed by atoms with Gasteiger partial charge in [0.2, 0.25) is 0 Å². The van der Waals surface area contributed by atoms with Gasteiger partial charge in [0.1, 0.15) is 5.94 Å². The maximum Gasteiger partial charge on any atom is 0.293 e. The highest BCUT2D eigenvalue weighted by Gasteiger charge is 1.79. The number of halogens is 1. The van der Waals surface area contributed by atoms with Crippen molar-refractivity contribution < 1.29 is 9.53 Å². The van der Waals surface area contributed by atoms with Crippen LogP contribution in [0.2, 0.25) is 0 Å². The van der Waals surface area contributed by atoms with Crippen molar-refractivity contribution in [3.8, 4) is 0 Å². The minimum atomic E-state index is 0.439. The fraction of sp³-hybridized carbons (Fsp3) is 0.667. The molecule has 0 aromatic rings. The van der Waals surface area contributed by atoms with Crippen molar-refractivity contribution in [2.45, 2.75) is 0 Å². The van der Waals surface area contributed by atoms with Crippen molar-refractivity contribution >= 4 is 34.2 Å². The summed E-state index contributed by atoms with van der Waals surface area (Å²) in [4.78, 5) is 9.43. The second kappa shape index (κ2) is 6.30. The van der Waals surface area contributed by atoms with Crippen LogP contribution >= 0.6 is 27.7 Å². The fourth-order valence-electron chi connectivity index (χ4n) is 0.107. The summed E-state index contributed by atoms with van der Waals surface area (Å²) in [6.45, 7) is 0.440. The summed E-state index contributed by atoms with van der Waals surface area (Å²) >= 11 is 4.64. The highest BCUT2D eigenvalue weighted by Crippen LogP contribution is 2.02. The molecule has 0 aromatic carbocycles. The van der Waals surface area contributed by atoms with Gasteiger partial charge in [0, 0.05) is 0 Å². The molecule has 0 spiro atoms. The number of hydrogen-bond donors (Lipinski definition) is 0. The van der Waals surface area contributed by atoms with E-state index in [1.165, 1.54) is 11.8 Å². The first-order valence-corrected chi connectivity index (χ1v) is 3.88. The van der Waals surface area contributed by atoms with Crippen molar-refractivity contribution in [3.05, 3.63) is 0 Å². The number of carbonyl (C=O) groups is 1. The predicted octanol–water partition coefficient (Wildman–Crippen LogP) is 1.20. The van der Waals surface area contributed by atoms with E-state index >= 15 is 0 Å². The number of rotatable bonds is 4. The Morgan fingerprint density at radius 2 is 2.57 bits per heavy atom. The van der Waals surface area contributed by atoms with Crippen LogP contribution in [0.5, 0.6) is 0 Å². The summed E-state index contributed by atoms with van der Waals surface area (Å²) in [6.07, 6.45) is 0. The number of thioether (sulfide) groups is 1. The zero-order chi connectivity index (χ0) is 5.54. The third kappa shape index (κ3) is 6.30. The molecule has 42 valence electrons. The lowest BCUT2D eigenvalue weighted by molar-refractivity contribution is -0.126. The van der Waals surface area contributed by atoms with Gasteiger partial charge in [0.15, 0.2) is 0 Å². The van der Waals surface area contributed by atoms with Crippen LogP contribution in [-0.4, -0.2) is 17.1 Å². The number of hydrogen-bond acceptors (Lipinski definition) is 3. The number of carbonyl (C=O) groups excluding carboxylic acids is 1. The van der Waals surface area contributed by atoms with Gasteiger partial charge in [-0.05, 0) is 0 Å². The van der Waals surface area contributed by atoms with E-state index in [1.807, 2.05) is 0 Å². The van der Waals surface area contributed by atoms with Crippen LogP contribution in [0.3, 0.4) is 0 Å². The number of alkyl halides is 1. The van der Waals surface area contributed by atoms with Crippen LogP contribution < -0.4 is 0 Å². The van der Waals surface area contributed by atoms with E-state index in [0.717, 1.165) is 4.66 Å². The molecule has 0 saturated heterocycles. The van der Waals surface area contributed by atoms with Gasteiger partial charge < -0.3 is 4.74 Å². The zero-order valence-corrected chi connectivity index (χ0v) is 6.00. The second-order valence-corrected chi connectivity index (χ2v) is 2.93. The molecule has 0 radical (unpaired) electrons. The van der Waals surface area contributed by atoms with E-state index < -0.39 is 0 Å². The monoisotopic (exact) mass is 184 g/mol. The largest absolute Gasteiger partial charge is 0.457 e. The van der Waals surface area contributed by atoms with Crippen LogP contribution in [0.15, 0.2) is 0 Å². The molecule has 2 nitrogen and oxygen atoms in total. The molecule has 7 heavy (non-hydrogen) atoms. The molecule has 0 aliphatic rings. The Bertz CT molecular complexity index is 50.2. The van der Waals surface area contributed by atoms with Gasteiger partial charge in [-0.25, -0.2) is 0 Å². The molecule has 0 saturated carbocycles. The first-order valence-electron chi connectivity index (χ1n) is 1.60. The van der Waals surface area contributed by atoms with E-state index in [0.29, 0.717) is 12.4 Å². The van der Waals surface area contributed by atoms with E-state index in [4.69, 9.17) is 0 Å². The van der Waals surface area contributed by atoms with Gasteiger partial charge in [-0.1, -0.05) is 15.9 Å². The van der Waals surface area contributed by atoms with Crippen LogP contribution in [0, 0.1) is 0 Å². The fourth-order valence-corrected chi connectivity index (χ4v) is 0.719. The van der Waals surface area contributed by atoms with Gasteiger partial charge in [0.05, 0.1) is 4.66 Å². The van der Waals surface area contributed by atoms with Crippen molar-refractivity contribution in [3.63, 3.8) is 0 Å². The molecule has 4 heteroatoms. The Morgan fingerprint density at radius 1 is 1.86 bits per heavy atom. The Morgan fingerprint density at radius 3 is 3.00 bits per heavy atom. The Balaban J connectivity index is 2.56. The lowest BCUT2D eigenvalue weighted by atomic mass is 11.5. The van der Waals surface area contributed by atoms with Crippen molar-refractivity contribution in [1.82, 2.24) is 0 Å². The van der Waals surface area contributed by atoms with E-state index in [9.17, 15) is 4.79 Å². The standard InChI is InChI=1S/C3H5BrO2S/c4-1-7-3-6-2-5/h2H,1,3H2. The molecule has 0 aliphatic heterocycles. The second-order valence-electron chi connectivity index (χ2n) is 0.694. The maximum absolute atomic E-state index is 9.43. The molecular weight excluding hydrogens is 180 g/mol. The molecule has 0 N–H and O–H groups in total. The van der Waals surface area contributed by atoms with Gasteiger partial charge >= 0.3 is 0 Å². The van der Waals surface area contributed by atoms with Gasteiger partial charge in [-0.2, -0.15) is 0 Å². The molecular formula is C3H5BrO2S. The number of ether oxygens (including phenoxy) is 1. The molecule has 0 rings (SSSR count). The third-order valence-electron chi connectivity index (χ3n) is 0.297. The van der Waals surface area contributed by atoms with Gasteiger partial charge in [0.25, 0.3) is 6.47 Å². The van der Waals surface area contributed by atoms with Crippen molar-refractivity contribution in [2.75, 3.05) is 10.6 Å². The molecule has 0 amide bonds. The summed E-state index contributed by atoms with van der Waals surface area (Å²) in [6, 6.07) is 0. The summed E-state index contributed by atoms with van der Waals surface area (Å²) < 4.78 is 5.13. The quantitative estimate of drug-likeness (QED) is 0.285. The SMILES string of the molecule is O=COCSCBr. The van der Waals surface area contributed by atoms with E-state index in [1.54, 1.807) is 0 Å². The highest BCUT2D eigenvalue weighted by molar-refractivity contribution is 9.11. The first-order chi connectivity index (χ1) is 3.41. The minimum Gasteiger partial charge on any atom is -0.457 e. The van der Waals surface area contributed by atoms with Crippen molar-refractivity contribution in [2.24, 2.45) is 0 Å². The summed E-state index contributed by atoms with van der Waals surface area (Å²) in [7, 11) is 0. The summed E-state index contributed by atoms with van der Waals surface area (Å²) in [5.41, 5.74) is 0. The zero-order valence-electron chi connectivity index (χ0n) is 3.59. The van der Waals surface area contributed by atoms with Gasteiger partial charge in [-0.15, -0.1) is 11.8 Å². The lowest BCUT2D eigenvalue weighted by Crippen LogP contribution is -1.83. The lowest BCUT2D eigenvalue weighted by Gasteiger charge is -1.90. The highest BCUT2D eigenvalue weighted by atomic mass is 79.9. The van der Waals surface area contributed by atoms with Crippen LogP contribution in [-0.2, 0) is 9.53 Å². The first kappa shape index (κ1) is 7.30. The van der Waals surface area contributed by atoms with Crippen molar-refractivity contribution in [1.29, 1.82) is 0 Å². The maximum atomic E-state index is 9.43. The molecule has 0 fully saturated rings. The van der Waals surface area contributed by atoms with Crippen LogP contribution in [0.25, 0.3) is 0 Å². The Kier molecular flexibility index (Phi) is 6.57. The third-order valence-corrected chi connectivity index (χ3v) is 1.72. The summed E-state index contributed by atoms with van der Waals surface area (Å²) in [5, 5.41) is 0. The van der Waals surface area contributed by atoms with E-state index in [2.05, 4.69) is 20.7 Å². The minimum absolute atomic E-state index is 0.439. The topological polar surface area (TPSA) is 26.3 Å². The van der Waals surface area contributed by atoms with E-state index in [-0.39, 0.29) is 0 Å². The Hall–Kier alpha value is 0.300. The average Bonchev–Trinajstić information content (AvgIpc) is 1.69. The van der Waals surface area contributed by atoms with Gasteiger partial charge in [-0.3, -0.25) is 4.79 Å². The average molecular weight is 185 g/mol. The Labute approximate surface area is 54.7 Å². The molecule has 0 aromatic heterocycles. The summed E-state index contributed by atoms with van der Waals surface area (Å²) in [5.74, 6) is 0.439. The van der Waals surface area contributed by atoms with Crippen LogP contribution in [0.1, 0.15) is 0 Å². The smallest absolute Gasteiger partial charge is 0.293 e. The molecule has 0 heterocycles. The normalized spacial score (nSPS) is 8.14. The molecule has 0 aliphatic carbocycles. The van der Waals surface area contributed by atoms with Crippen LogP contribution in [0.4, 0.5) is 0 Å². The molecule has 0 bridgehead atoms. The predicted molar refractivity (Wildman–Crippen MR) is 33.4 cm³/mol. The molecule has 0 atom stereocenters. The molecule has 0 unspecified atom stereocenters.